The third-order valence-corrected chi connectivity index (χ3v) is 7.06. The molecule has 0 atom stereocenters. The van der Waals surface area contributed by atoms with Crippen LogP contribution in [0.4, 0.5) is 11.4 Å². The zero-order chi connectivity index (χ0) is 23.7. The van der Waals surface area contributed by atoms with Gasteiger partial charge in [0, 0.05) is 49.6 Å². The summed E-state index contributed by atoms with van der Waals surface area (Å²) in [5.41, 5.74) is 10.4. The van der Waals surface area contributed by atoms with E-state index in [-0.39, 0.29) is 5.91 Å². The van der Waals surface area contributed by atoms with Crippen LogP contribution in [-0.4, -0.2) is 42.7 Å². The Morgan fingerprint density at radius 2 is 1.71 bits per heavy atom. The maximum Gasteiger partial charge on any atom is 0.254 e. The van der Waals surface area contributed by atoms with Crippen molar-refractivity contribution < 1.29 is 4.79 Å². The lowest BCUT2D eigenvalue weighted by atomic mass is 9.96. The second-order valence-corrected chi connectivity index (χ2v) is 9.56. The van der Waals surface area contributed by atoms with Crippen LogP contribution >= 0.6 is 0 Å². The molecule has 3 aromatic carbocycles. The molecule has 0 saturated carbocycles. The Hall–Kier alpha value is -3.40. The maximum atomic E-state index is 13.4. The molecule has 0 N–H and O–H groups in total. The minimum absolute atomic E-state index is 0.109. The molecule has 4 heteroatoms. The Bertz CT molecular complexity index is 1250. The van der Waals surface area contributed by atoms with Crippen LogP contribution in [0.3, 0.4) is 0 Å². The van der Waals surface area contributed by atoms with Crippen LogP contribution in [0.2, 0.25) is 0 Å². The predicted molar refractivity (Wildman–Crippen MR) is 141 cm³/mol. The normalized spacial score (nSPS) is 15.3. The van der Waals surface area contributed by atoms with Crippen LogP contribution in [0.5, 0.6) is 0 Å². The van der Waals surface area contributed by atoms with Crippen LogP contribution in [0.1, 0.15) is 57.9 Å². The van der Waals surface area contributed by atoms with Gasteiger partial charge < -0.3 is 9.80 Å². The number of anilines is 1. The minimum atomic E-state index is 0.109. The van der Waals surface area contributed by atoms with Crippen molar-refractivity contribution >= 4 is 23.0 Å². The van der Waals surface area contributed by atoms with Gasteiger partial charge in [0.1, 0.15) is 0 Å². The molecule has 4 nitrogen and oxygen atoms in total. The molecule has 0 bridgehead atoms. The van der Waals surface area contributed by atoms with Crippen molar-refractivity contribution in [2.75, 3.05) is 31.1 Å². The Morgan fingerprint density at radius 1 is 0.912 bits per heavy atom. The number of fused-ring (bicyclic) bond motifs is 2. The first-order valence-corrected chi connectivity index (χ1v) is 12.4. The van der Waals surface area contributed by atoms with Crippen molar-refractivity contribution in [2.24, 2.45) is 4.99 Å². The Labute approximate surface area is 202 Å². The van der Waals surface area contributed by atoms with Crippen LogP contribution in [-0.2, 0) is 6.42 Å². The molecule has 0 aliphatic carbocycles. The van der Waals surface area contributed by atoms with Crippen molar-refractivity contribution in [1.29, 1.82) is 0 Å². The fourth-order valence-corrected chi connectivity index (χ4v) is 5.14. The molecule has 3 aromatic rings. The second-order valence-electron chi connectivity index (χ2n) is 9.56. The van der Waals surface area contributed by atoms with Gasteiger partial charge in [-0.05, 0) is 66.3 Å². The number of piperazine rings is 1. The van der Waals surface area contributed by atoms with Crippen molar-refractivity contribution in [2.45, 2.75) is 40.0 Å². The van der Waals surface area contributed by atoms with Gasteiger partial charge in [0.25, 0.3) is 5.91 Å². The summed E-state index contributed by atoms with van der Waals surface area (Å²) in [7, 11) is 0. The average Bonchev–Trinajstić information content (AvgIpc) is 3.01. The van der Waals surface area contributed by atoms with Gasteiger partial charge in [-0.2, -0.15) is 0 Å². The molecule has 0 spiro atoms. The van der Waals surface area contributed by atoms with Gasteiger partial charge in [-0.3, -0.25) is 9.79 Å². The number of carbonyl (C=O) groups is 1. The van der Waals surface area contributed by atoms with Gasteiger partial charge >= 0.3 is 0 Å². The molecule has 34 heavy (non-hydrogen) atoms. The van der Waals surface area contributed by atoms with E-state index in [2.05, 4.69) is 74.2 Å². The SMILES string of the molecule is CCCC1=Nc2cc(C(=O)N3CCN(c4cc(C)ccc4C)CC3)ccc2Cc2ccccc21. The Balaban J connectivity index is 1.36. The van der Waals surface area contributed by atoms with Gasteiger partial charge in [-0.15, -0.1) is 0 Å². The van der Waals surface area contributed by atoms with Crippen LogP contribution in [0.25, 0.3) is 0 Å². The van der Waals surface area contributed by atoms with E-state index in [1.165, 1.54) is 33.5 Å². The molecule has 1 fully saturated rings. The predicted octanol–water partition coefficient (Wildman–Crippen LogP) is 6.09. The van der Waals surface area contributed by atoms with Gasteiger partial charge in [-0.1, -0.05) is 55.8 Å². The van der Waals surface area contributed by atoms with Gasteiger partial charge in [0.15, 0.2) is 0 Å². The largest absolute Gasteiger partial charge is 0.368 e. The molecule has 1 amide bonds. The highest BCUT2D eigenvalue weighted by Crippen LogP contribution is 2.31. The van der Waals surface area contributed by atoms with E-state index in [1.54, 1.807) is 0 Å². The van der Waals surface area contributed by atoms with E-state index >= 15 is 0 Å². The van der Waals surface area contributed by atoms with Gasteiger partial charge in [0.2, 0.25) is 0 Å². The van der Waals surface area contributed by atoms with Crippen LogP contribution < -0.4 is 4.90 Å². The highest BCUT2D eigenvalue weighted by molar-refractivity contribution is 6.04. The lowest BCUT2D eigenvalue weighted by Gasteiger charge is -2.37. The highest BCUT2D eigenvalue weighted by Gasteiger charge is 2.24. The summed E-state index contributed by atoms with van der Waals surface area (Å²) in [5, 5.41) is 0. The Morgan fingerprint density at radius 3 is 2.50 bits per heavy atom. The number of aliphatic imine (C=N–C) groups is 1. The first-order chi connectivity index (χ1) is 16.5. The molecule has 0 radical (unpaired) electrons. The topological polar surface area (TPSA) is 35.9 Å². The minimum Gasteiger partial charge on any atom is -0.368 e. The quantitative estimate of drug-likeness (QED) is 0.481. The average molecular weight is 452 g/mol. The third-order valence-electron chi connectivity index (χ3n) is 7.06. The second kappa shape index (κ2) is 9.46. The molecule has 174 valence electrons. The summed E-state index contributed by atoms with van der Waals surface area (Å²) in [5.74, 6) is 0.109. The van der Waals surface area contributed by atoms with E-state index in [4.69, 9.17) is 4.99 Å². The number of hydrogen-bond acceptors (Lipinski definition) is 3. The van der Waals surface area contributed by atoms with Crippen LogP contribution in [0, 0.1) is 13.8 Å². The molecule has 0 unspecified atom stereocenters. The summed E-state index contributed by atoms with van der Waals surface area (Å²) in [4.78, 5) is 22.9. The standard InChI is InChI=1S/C30H33N3O/c1-4-7-27-26-9-6-5-8-23(26)19-24-12-13-25(20-28(24)31-27)30(34)33-16-14-32(15-17-33)29-18-21(2)10-11-22(29)3/h5-6,8-13,18,20H,4,7,14-17,19H2,1-3H3. The summed E-state index contributed by atoms with van der Waals surface area (Å²) in [6.07, 6.45) is 2.84. The first kappa shape index (κ1) is 22.4. The molecule has 2 aliphatic heterocycles. The van der Waals surface area contributed by atoms with E-state index in [0.29, 0.717) is 0 Å². The molecular weight excluding hydrogens is 418 g/mol. The molecule has 1 saturated heterocycles. The van der Waals surface area contributed by atoms with E-state index in [0.717, 1.165) is 62.4 Å². The number of hydrogen-bond donors (Lipinski definition) is 0. The number of amides is 1. The lowest BCUT2D eigenvalue weighted by molar-refractivity contribution is 0.0747. The smallest absolute Gasteiger partial charge is 0.254 e. The Kier molecular flexibility index (Phi) is 6.23. The van der Waals surface area contributed by atoms with E-state index < -0.39 is 0 Å². The van der Waals surface area contributed by atoms with Gasteiger partial charge in [-0.25, -0.2) is 0 Å². The molecule has 5 rings (SSSR count). The molecule has 2 aliphatic rings. The third kappa shape index (κ3) is 4.37. The lowest BCUT2D eigenvalue weighted by Crippen LogP contribution is -2.49. The molecular formula is C30H33N3O. The molecule has 0 aromatic heterocycles. The molecule has 2 heterocycles. The van der Waals surface area contributed by atoms with Crippen LogP contribution in [0.15, 0.2) is 65.7 Å². The van der Waals surface area contributed by atoms with Crippen molar-refractivity contribution in [3.63, 3.8) is 0 Å². The van der Waals surface area contributed by atoms with Crippen molar-refractivity contribution in [3.05, 3.63) is 94.0 Å². The zero-order valence-electron chi connectivity index (χ0n) is 20.5. The number of rotatable bonds is 4. The fraction of sp³-hybridized carbons (Fsp3) is 0.333. The van der Waals surface area contributed by atoms with Crippen molar-refractivity contribution in [1.82, 2.24) is 4.90 Å². The van der Waals surface area contributed by atoms with Gasteiger partial charge in [0.05, 0.1) is 5.69 Å². The monoisotopic (exact) mass is 451 g/mol. The maximum absolute atomic E-state index is 13.4. The summed E-state index contributed by atoms with van der Waals surface area (Å²) in [6.45, 7) is 9.67. The fourth-order valence-electron chi connectivity index (χ4n) is 5.14. The summed E-state index contributed by atoms with van der Waals surface area (Å²) in [6, 6.07) is 21.3. The van der Waals surface area contributed by atoms with E-state index in [1.807, 2.05) is 17.0 Å². The number of benzene rings is 3. The van der Waals surface area contributed by atoms with Crippen molar-refractivity contribution in [3.8, 4) is 0 Å². The number of carbonyl (C=O) groups excluding carboxylic acids is 1. The first-order valence-electron chi connectivity index (χ1n) is 12.4. The number of aryl methyl sites for hydroxylation is 2. The van der Waals surface area contributed by atoms with E-state index in [9.17, 15) is 4.79 Å². The summed E-state index contributed by atoms with van der Waals surface area (Å²) >= 11 is 0. The highest BCUT2D eigenvalue weighted by atomic mass is 16.2. The number of nitrogens with zero attached hydrogens (tertiary/aromatic N) is 3. The summed E-state index contributed by atoms with van der Waals surface area (Å²) < 4.78 is 0. The zero-order valence-corrected chi connectivity index (χ0v) is 20.5.